The summed E-state index contributed by atoms with van der Waals surface area (Å²) in [5.41, 5.74) is 1.53. The van der Waals surface area contributed by atoms with Crippen LogP contribution in [0.1, 0.15) is 5.56 Å². The van der Waals surface area contributed by atoms with Gasteiger partial charge < -0.3 is 0 Å². The molecule has 0 unspecified atom stereocenters. The zero-order chi connectivity index (χ0) is 13.9. The van der Waals surface area contributed by atoms with E-state index >= 15 is 0 Å². The molecule has 0 bridgehead atoms. The Morgan fingerprint density at radius 2 is 1.58 bits per heavy atom. The largest absolute Gasteiger partial charge is 0.0849 e. The molecule has 0 saturated carbocycles. The van der Waals surface area contributed by atoms with Crippen LogP contribution >= 0.6 is 0 Å². The van der Waals surface area contributed by atoms with Gasteiger partial charge in [0, 0.05) is 0 Å². The number of hydrogen-bond donors (Lipinski definition) is 0. The van der Waals surface area contributed by atoms with Crippen LogP contribution in [-0.2, 0) is 6.04 Å². The lowest BCUT2D eigenvalue weighted by Gasteiger charge is -2.23. The number of rotatable bonds is 4. The molecular formula is C17H24Si2. The van der Waals surface area contributed by atoms with E-state index in [1.54, 1.807) is 10.4 Å². The standard InChI is InChI=1S/C17H24Si2/c1-18(2)16-10-8-9-15(13-16)14-19(3,4)17-11-6-5-7-12-17/h5-13,18H,14H2,1-4H3. The first-order valence-corrected chi connectivity index (χ1v) is 13.2. The van der Waals surface area contributed by atoms with Crippen LogP contribution in [-0.4, -0.2) is 16.9 Å². The Hall–Kier alpha value is -1.13. The quantitative estimate of drug-likeness (QED) is 0.757. The van der Waals surface area contributed by atoms with Gasteiger partial charge in [0.05, 0.1) is 16.9 Å². The minimum absolute atomic E-state index is 0.683. The fraction of sp³-hybridized carbons (Fsp3) is 0.294. The summed E-state index contributed by atoms with van der Waals surface area (Å²) in [7, 11) is -2.05. The van der Waals surface area contributed by atoms with Gasteiger partial charge in [-0.1, -0.05) is 96.7 Å². The topological polar surface area (TPSA) is 0 Å². The molecule has 2 heteroatoms. The molecule has 19 heavy (non-hydrogen) atoms. The molecular weight excluding hydrogens is 260 g/mol. The molecule has 0 aliphatic heterocycles. The van der Waals surface area contributed by atoms with Crippen molar-refractivity contribution in [2.75, 3.05) is 0 Å². The average molecular weight is 285 g/mol. The van der Waals surface area contributed by atoms with Crippen molar-refractivity contribution >= 4 is 27.2 Å². The third kappa shape index (κ3) is 3.67. The summed E-state index contributed by atoms with van der Waals surface area (Å²) >= 11 is 0. The van der Waals surface area contributed by atoms with Crippen LogP contribution in [0.5, 0.6) is 0 Å². The summed E-state index contributed by atoms with van der Waals surface area (Å²) in [6.45, 7) is 9.75. The van der Waals surface area contributed by atoms with Crippen LogP contribution in [0.3, 0.4) is 0 Å². The smallest absolute Gasteiger partial charge is 0.0682 e. The van der Waals surface area contributed by atoms with E-state index in [0.29, 0.717) is 0 Å². The van der Waals surface area contributed by atoms with Crippen molar-refractivity contribution in [2.45, 2.75) is 32.2 Å². The average Bonchev–Trinajstić information content (AvgIpc) is 2.39. The lowest BCUT2D eigenvalue weighted by atomic mass is 10.2. The van der Waals surface area contributed by atoms with E-state index in [-0.39, 0.29) is 0 Å². The van der Waals surface area contributed by atoms with Gasteiger partial charge in [0.2, 0.25) is 0 Å². The lowest BCUT2D eigenvalue weighted by Crippen LogP contribution is -2.44. The highest BCUT2D eigenvalue weighted by Gasteiger charge is 2.23. The summed E-state index contributed by atoms with van der Waals surface area (Å²) in [4.78, 5) is 0. The molecule has 0 aliphatic carbocycles. The van der Waals surface area contributed by atoms with Crippen LogP contribution in [0.4, 0.5) is 0 Å². The van der Waals surface area contributed by atoms with Crippen molar-refractivity contribution < 1.29 is 0 Å². The molecule has 0 heterocycles. The van der Waals surface area contributed by atoms with Crippen molar-refractivity contribution in [1.29, 1.82) is 0 Å². The molecule has 0 saturated heterocycles. The molecule has 0 N–H and O–H groups in total. The van der Waals surface area contributed by atoms with Crippen LogP contribution in [0, 0.1) is 0 Å². The summed E-state index contributed by atoms with van der Waals surface area (Å²) in [5, 5.41) is 3.15. The fourth-order valence-electron chi connectivity index (χ4n) is 2.56. The zero-order valence-corrected chi connectivity index (χ0v) is 14.6. The van der Waals surface area contributed by atoms with Gasteiger partial charge in [0.15, 0.2) is 0 Å². The van der Waals surface area contributed by atoms with Crippen molar-refractivity contribution in [3.8, 4) is 0 Å². The van der Waals surface area contributed by atoms with Crippen LogP contribution < -0.4 is 10.4 Å². The van der Waals surface area contributed by atoms with Gasteiger partial charge in [-0.05, 0) is 6.04 Å². The molecule has 0 atom stereocenters. The minimum Gasteiger partial charge on any atom is -0.0682 e. The molecule has 0 aromatic heterocycles. The summed E-state index contributed by atoms with van der Waals surface area (Å²) < 4.78 is 0. The Balaban J connectivity index is 2.23. The predicted octanol–water partition coefficient (Wildman–Crippen LogP) is 3.08. The predicted molar refractivity (Wildman–Crippen MR) is 92.2 cm³/mol. The molecule has 100 valence electrons. The first kappa shape index (κ1) is 14.3. The molecule has 0 fully saturated rings. The van der Waals surface area contributed by atoms with Gasteiger partial charge in [-0.15, -0.1) is 0 Å². The molecule has 0 amide bonds. The monoisotopic (exact) mass is 284 g/mol. The van der Waals surface area contributed by atoms with E-state index in [1.165, 1.54) is 11.6 Å². The van der Waals surface area contributed by atoms with Crippen molar-refractivity contribution in [3.63, 3.8) is 0 Å². The Morgan fingerprint density at radius 1 is 0.895 bits per heavy atom. The van der Waals surface area contributed by atoms with Crippen molar-refractivity contribution in [1.82, 2.24) is 0 Å². The molecule has 0 aliphatic rings. The minimum atomic E-state index is -1.36. The normalized spacial score (nSPS) is 11.8. The van der Waals surface area contributed by atoms with Gasteiger partial charge in [0.25, 0.3) is 0 Å². The van der Waals surface area contributed by atoms with E-state index < -0.39 is 16.9 Å². The highest BCUT2D eigenvalue weighted by Crippen LogP contribution is 2.12. The maximum absolute atomic E-state index is 2.47. The SMILES string of the molecule is C[SiH](C)c1cccc(C[Si](C)(C)c2ccccc2)c1. The van der Waals surface area contributed by atoms with Crippen LogP contribution in [0.2, 0.25) is 26.2 Å². The van der Waals surface area contributed by atoms with Gasteiger partial charge >= 0.3 is 0 Å². The van der Waals surface area contributed by atoms with Crippen molar-refractivity contribution in [2.24, 2.45) is 0 Å². The third-order valence-electron chi connectivity index (χ3n) is 3.82. The molecule has 0 radical (unpaired) electrons. The van der Waals surface area contributed by atoms with E-state index in [4.69, 9.17) is 0 Å². The second-order valence-electron chi connectivity index (χ2n) is 6.33. The second-order valence-corrected chi connectivity index (χ2v) is 14.0. The van der Waals surface area contributed by atoms with Gasteiger partial charge in [0.1, 0.15) is 0 Å². The number of hydrogen-bond acceptors (Lipinski definition) is 0. The third-order valence-corrected chi connectivity index (χ3v) is 8.70. The van der Waals surface area contributed by atoms with Gasteiger partial charge in [-0.2, -0.15) is 0 Å². The molecule has 0 nitrogen and oxygen atoms in total. The fourth-order valence-corrected chi connectivity index (χ4v) is 6.15. The Labute approximate surface area is 120 Å². The summed E-state index contributed by atoms with van der Waals surface area (Å²) in [5.74, 6) is 0. The van der Waals surface area contributed by atoms with E-state index in [2.05, 4.69) is 80.8 Å². The number of benzene rings is 2. The lowest BCUT2D eigenvalue weighted by molar-refractivity contribution is 1.33. The van der Waals surface area contributed by atoms with Crippen LogP contribution in [0.15, 0.2) is 54.6 Å². The summed E-state index contributed by atoms with van der Waals surface area (Å²) in [6, 6.07) is 21.6. The Bertz CT molecular complexity index is 530. The van der Waals surface area contributed by atoms with Crippen LogP contribution in [0.25, 0.3) is 0 Å². The highest BCUT2D eigenvalue weighted by molar-refractivity contribution is 6.89. The molecule has 2 rings (SSSR count). The summed E-state index contributed by atoms with van der Waals surface area (Å²) in [6.07, 6.45) is 0. The maximum Gasteiger partial charge on any atom is 0.0849 e. The van der Waals surface area contributed by atoms with E-state index in [9.17, 15) is 0 Å². The molecule has 0 spiro atoms. The molecule has 2 aromatic carbocycles. The van der Waals surface area contributed by atoms with Crippen molar-refractivity contribution in [3.05, 3.63) is 60.2 Å². The molecule has 2 aromatic rings. The van der Waals surface area contributed by atoms with E-state index in [0.717, 1.165) is 0 Å². The zero-order valence-electron chi connectivity index (χ0n) is 12.5. The Kier molecular flexibility index (Phi) is 4.43. The first-order chi connectivity index (χ1) is 8.99. The maximum atomic E-state index is 2.47. The van der Waals surface area contributed by atoms with E-state index in [1.807, 2.05) is 0 Å². The Morgan fingerprint density at radius 3 is 2.21 bits per heavy atom. The second kappa shape index (κ2) is 5.89. The van der Waals surface area contributed by atoms with Gasteiger partial charge in [-0.25, -0.2) is 0 Å². The first-order valence-electron chi connectivity index (χ1n) is 7.13. The van der Waals surface area contributed by atoms with Gasteiger partial charge in [-0.3, -0.25) is 0 Å². The highest BCUT2D eigenvalue weighted by atomic mass is 28.3.